The van der Waals surface area contributed by atoms with E-state index >= 15 is 0 Å². The first-order chi connectivity index (χ1) is 64.9. The molecule has 0 radical (unpaired) electrons. The summed E-state index contributed by atoms with van der Waals surface area (Å²) in [6.45, 7) is 119. The van der Waals surface area contributed by atoms with Crippen molar-refractivity contribution in [3.63, 3.8) is 0 Å². The largest absolute Gasteiger partial charge is 0.390 e. The molecule has 0 atom stereocenters. The first-order valence-electron chi connectivity index (χ1n) is 57.4. The van der Waals surface area contributed by atoms with E-state index in [1.54, 1.807) is 7.11 Å². The zero-order chi connectivity index (χ0) is 105. The minimum atomic E-state index is -0.437. The quantitative estimate of drug-likeness (QED) is 0.0659. The number of ketones is 1. The summed E-state index contributed by atoms with van der Waals surface area (Å²) in [7, 11) is 1.74. The predicted octanol–water partition coefficient (Wildman–Crippen LogP) is 19.7. The first-order valence-corrected chi connectivity index (χ1v) is 57.4. The van der Waals surface area contributed by atoms with E-state index in [2.05, 4.69) is 319 Å². The van der Waals surface area contributed by atoms with E-state index in [0.717, 1.165) is 218 Å². The van der Waals surface area contributed by atoms with Gasteiger partial charge in [0, 0.05) is 250 Å². The molecule has 1 aromatic heterocycles. The van der Waals surface area contributed by atoms with E-state index in [1.807, 2.05) is 0 Å². The number of likely N-dealkylation sites (tertiary alicyclic amines) is 1. The molecule has 0 unspecified atom stereocenters. The number of carbonyl (C=O) groups is 1. The van der Waals surface area contributed by atoms with Gasteiger partial charge in [0.05, 0.1) is 78.3 Å². The zero-order valence-electron chi connectivity index (χ0n) is 99.3. The van der Waals surface area contributed by atoms with Gasteiger partial charge in [0.15, 0.2) is 0 Å². The Morgan fingerprint density at radius 3 is 1.09 bits per heavy atom. The van der Waals surface area contributed by atoms with Gasteiger partial charge in [-0.2, -0.15) is 0 Å². The van der Waals surface area contributed by atoms with Gasteiger partial charge < -0.3 is 77.8 Å². The summed E-state index contributed by atoms with van der Waals surface area (Å²) in [5.41, 5.74) is 3.48. The summed E-state index contributed by atoms with van der Waals surface area (Å²) in [5, 5.41) is 21.1. The molecule has 141 heavy (non-hydrogen) atoms. The standard InChI is InChI=1S/C22H39N3O.C21H42N2O.C20H38N2O2.C20H40N2O.C19H38N2O2.C17H34N2O2/c1-21(2,3)18-25-15-13-24(14-16-25)12-10-19-8-7-9-20(23-19)11-17-26-22(4,5)6;1-16(2)23(18-13-19(14-18)24-21(6,7)8)15-17-9-11-22(12-10-17)20(3,4)5;1-19(2,3)15-22-9-7-21(8-10-22)13-18(23)17-11-16(12-17)14-24-20(4,5)6;1-19(2,3)16-22-11-9-21(10-12-22)8-7-17-13-18(14-17)15-23-20(4,5)6;1-17(2,3)21-11-9-20(10-12-21)8-7-19(22)13-16(14-19)15-23-18(4,5)6;1-16(2,3)14-19-9-7-18(8-10-19)6-5-17(20)11-15(12-17)13-21-4/h7-9H,10-18H2,1-6H3;16-19H,9-15H2,1-8H3;16-17H,7-15H2,1-6H3;17-18H,7-16H2,1-6H3;16,22H,7-15H2,1-6H3;15,20H,5-14H2,1-4H3. The van der Waals surface area contributed by atoms with Gasteiger partial charge in [0.2, 0.25) is 0 Å². The number of piperazine rings is 5. The minimum Gasteiger partial charge on any atom is -0.390 e. The maximum Gasteiger partial charge on any atom is 0.149 e. The number of rotatable bonds is 35. The summed E-state index contributed by atoms with van der Waals surface area (Å²) in [5.74, 6) is 5.08. The molecule has 22 nitrogen and oxygen atoms in total. The molecule has 826 valence electrons. The van der Waals surface area contributed by atoms with Crippen LogP contribution < -0.4 is 0 Å². The summed E-state index contributed by atoms with van der Waals surface area (Å²) in [6.07, 6.45) is 19.3. The molecule has 2 N–H and O–H groups in total. The second kappa shape index (κ2) is 56.0. The maximum absolute atomic E-state index is 12.5. The number of piperidine rings is 1. The molecule has 0 aromatic carbocycles. The Morgan fingerprint density at radius 1 is 0.383 bits per heavy atom. The highest BCUT2D eigenvalue weighted by Crippen LogP contribution is 2.44. The van der Waals surface area contributed by atoms with Crippen LogP contribution in [0, 0.1) is 63.1 Å². The van der Waals surface area contributed by atoms with Crippen LogP contribution in [0.3, 0.4) is 0 Å². The highest BCUT2D eigenvalue weighted by Gasteiger charge is 2.46. The van der Waals surface area contributed by atoms with Crippen LogP contribution in [-0.2, 0) is 46.1 Å². The number of pyridine rings is 1. The fourth-order valence-electron chi connectivity index (χ4n) is 22.6. The molecule has 5 saturated carbocycles. The number of carbonyl (C=O) groups excluding carboxylic acids is 1. The highest BCUT2D eigenvalue weighted by molar-refractivity contribution is 5.83. The van der Waals surface area contributed by atoms with Crippen molar-refractivity contribution in [3.8, 4) is 0 Å². The number of hydrogen-bond donors (Lipinski definition) is 2. The lowest BCUT2D eigenvalue weighted by atomic mass is 9.69. The second-order valence-corrected chi connectivity index (χ2v) is 58.3. The van der Waals surface area contributed by atoms with E-state index in [-0.39, 0.29) is 39.5 Å². The van der Waals surface area contributed by atoms with E-state index in [1.165, 1.54) is 162 Å². The Bertz CT molecular complexity index is 3540. The van der Waals surface area contributed by atoms with Crippen LogP contribution in [-0.4, -0.2) is 398 Å². The average molecular weight is 1990 g/mol. The third-order valence-electron chi connectivity index (χ3n) is 30.5. The summed E-state index contributed by atoms with van der Waals surface area (Å²) in [4.78, 5) is 48.2. The number of nitrogens with zero attached hydrogens (tertiary/aromatic N) is 13. The number of ether oxygens (including phenoxy) is 6. The van der Waals surface area contributed by atoms with Crippen molar-refractivity contribution in [2.45, 2.75) is 420 Å². The van der Waals surface area contributed by atoms with Crippen LogP contribution in [0.4, 0.5) is 0 Å². The topological polar surface area (TPSA) is 165 Å². The maximum atomic E-state index is 12.5. The summed E-state index contributed by atoms with van der Waals surface area (Å²) < 4.78 is 34.7. The van der Waals surface area contributed by atoms with E-state index in [0.29, 0.717) is 69.4 Å². The van der Waals surface area contributed by atoms with Crippen molar-refractivity contribution in [2.24, 2.45) is 63.1 Å². The van der Waals surface area contributed by atoms with Gasteiger partial charge in [-0.15, -0.1) is 0 Å². The minimum absolute atomic E-state index is 0.00190. The van der Waals surface area contributed by atoms with Crippen LogP contribution in [0.25, 0.3) is 0 Å². The first kappa shape index (κ1) is 126. The molecule has 0 spiro atoms. The molecule has 11 aliphatic rings. The van der Waals surface area contributed by atoms with Crippen LogP contribution in [0.5, 0.6) is 0 Å². The number of aromatic nitrogens is 1. The lowest BCUT2D eigenvalue weighted by Crippen LogP contribution is -2.54. The number of methoxy groups -OCH3 is 1. The second-order valence-electron chi connectivity index (χ2n) is 58.3. The predicted molar refractivity (Wildman–Crippen MR) is 594 cm³/mol. The fourth-order valence-corrected chi connectivity index (χ4v) is 22.6. The monoisotopic (exact) mass is 1990 g/mol. The molecule has 11 fully saturated rings. The van der Waals surface area contributed by atoms with Gasteiger partial charge in [-0.25, -0.2) is 0 Å². The van der Waals surface area contributed by atoms with Crippen LogP contribution >= 0.6 is 0 Å². The van der Waals surface area contributed by atoms with Gasteiger partial charge in [0.25, 0.3) is 0 Å². The van der Waals surface area contributed by atoms with Gasteiger partial charge in [-0.05, 0) is 344 Å². The molecule has 12 rings (SSSR count). The molecule has 5 aliphatic carbocycles. The molecule has 1 aromatic rings. The van der Waals surface area contributed by atoms with Crippen molar-refractivity contribution in [2.75, 3.05) is 250 Å². The lowest BCUT2D eigenvalue weighted by Gasteiger charge is -2.48. The molecule has 22 heteroatoms. The Balaban J connectivity index is 0.000000230. The van der Waals surface area contributed by atoms with Crippen molar-refractivity contribution in [3.05, 3.63) is 29.6 Å². The van der Waals surface area contributed by atoms with Crippen LogP contribution in [0.15, 0.2) is 18.2 Å². The summed E-state index contributed by atoms with van der Waals surface area (Å²) in [6, 6.07) is 7.78. The molecule has 7 heterocycles. The van der Waals surface area contributed by atoms with Crippen LogP contribution in [0.2, 0.25) is 0 Å². The van der Waals surface area contributed by atoms with Crippen molar-refractivity contribution in [1.82, 2.24) is 63.8 Å². The average Bonchev–Trinajstić information content (AvgIpc) is 0.794. The van der Waals surface area contributed by atoms with Crippen molar-refractivity contribution < 1.29 is 43.4 Å². The summed E-state index contributed by atoms with van der Waals surface area (Å²) >= 11 is 0. The smallest absolute Gasteiger partial charge is 0.149 e. The van der Waals surface area contributed by atoms with Gasteiger partial charge in [0.1, 0.15) is 5.78 Å². The van der Waals surface area contributed by atoms with Crippen molar-refractivity contribution in [1.29, 1.82) is 0 Å². The van der Waals surface area contributed by atoms with Gasteiger partial charge >= 0.3 is 0 Å². The van der Waals surface area contributed by atoms with E-state index < -0.39 is 11.2 Å². The normalized spacial score (nSPS) is 27.0. The third kappa shape index (κ3) is 53.2. The number of aliphatic hydroxyl groups is 2. The van der Waals surface area contributed by atoms with Gasteiger partial charge in [-0.3, -0.25) is 29.4 Å². The molecular formula is C119H231N13O9. The molecule has 6 aliphatic heterocycles. The lowest BCUT2D eigenvalue weighted by molar-refractivity contribution is -0.130. The van der Waals surface area contributed by atoms with E-state index in [9.17, 15) is 15.0 Å². The Kier molecular flexibility index (Phi) is 50.1. The molecule has 6 saturated heterocycles. The molecule has 0 amide bonds. The van der Waals surface area contributed by atoms with Crippen LogP contribution in [0.1, 0.15) is 350 Å². The number of Topliss-reactive ketones (excluding diaryl/α,β-unsaturated/α-hetero) is 1. The Hall–Kier alpha value is -1.98. The van der Waals surface area contributed by atoms with Gasteiger partial charge in [-0.1, -0.05) is 89.2 Å². The zero-order valence-corrected chi connectivity index (χ0v) is 99.3. The third-order valence-corrected chi connectivity index (χ3v) is 30.5. The fraction of sp³-hybridized carbons (Fsp3) is 0.950. The SMILES string of the molecule is CC(C)(C)CN1CCN(CC(=O)C2CC(COC(C)(C)C)C2)CC1.CC(C)(C)CN1CCN(CCC2CC(COC(C)(C)C)C2)CC1.CC(C)(C)CN1CCN(CCc2cccc(CCOC(C)(C)C)n2)CC1.CC(C)(C)OCC1CC(O)(CCN2CCN(C(C)(C)C)CC2)C1.CC(C)N(CC1CCN(C(C)(C)C)CC1)C1CC(OC(C)(C)C)C1.COCC1CC(O)(CCN2CCN(CC(C)(C)C)CC2)C1. The number of hydrogen-bond acceptors (Lipinski definition) is 22. The Morgan fingerprint density at radius 2 is 0.723 bits per heavy atom. The highest BCUT2D eigenvalue weighted by atomic mass is 16.5. The molecular weight excluding hydrogens is 1760 g/mol. The van der Waals surface area contributed by atoms with Crippen molar-refractivity contribution >= 4 is 5.78 Å². The Labute approximate surface area is 870 Å². The van der Waals surface area contributed by atoms with E-state index in [4.69, 9.17) is 33.4 Å². The molecule has 0 bridgehead atoms.